The molecule has 0 aromatic heterocycles. The zero-order chi connectivity index (χ0) is 18.0. The van der Waals surface area contributed by atoms with Gasteiger partial charge in [0.15, 0.2) is 0 Å². The number of hydrogen-bond acceptors (Lipinski definition) is 4. The number of esters is 1. The molecule has 0 spiro atoms. The van der Waals surface area contributed by atoms with Gasteiger partial charge in [-0.3, -0.25) is 10.1 Å². The lowest BCUT2D eigenvalue weighted by Crippen LogP contribution is -2.65. The van der Waals surface area contributed by atoms with Crippen molar-refractivity contribution in [1.82, 2.24) is 5.32 Å². The second kappa shape index (κ2) is 7.22. The van der Waals surface area contributed by atoms with E-state index in [2.05, 4.69) is 17.4 Å². The highest BCUT2D eigenvalue weighted by molar-refractivity contribution is 5.81. The van der Waals surface area contributed by atoms with Crippen molar-refractivity contribution >= 4 is 5.97 Å². The molecule has 1 saturated carbocycles. The molecule has 0 radical (unpaired) electrons. The normalized spacial score (nSPS) is 30.6. The molecule has 1 heterocycles. The third kappa shape index (κ3) is 3.27. The summed E-state index contributed by atoms with van der Waals surface area (Å²) in [5.74, 6) is 0.207. The van der Waals surface area contributed by atoms with Crippen LogP contribution in [0.2, 0.25) is 0 Å². The predicted octanol–water partition coefficient (Wildman–Crippen LogP) is 3.33. The van der Waals surface area contributed by atoms with Crippen LogP contribution in [0.1, 0.15) is 42.9 Å². The molecular formula is C22H26N2O2. The number of ether oxygens (including phenoxy) is 1. The number of carbonyl (C=O) groups excluding carboxylic acids is 1. The first kappa shape index (κ1) is 17.3. The summed E-state index contributed by atoms with van der Waals surface area (Å²) in [6, 6.07) is 20.1. The summed E-state index contributed by atoms with van der Waals surface area (Å²) in [5, 5.41) is 3.60. The first-order chi connectivity index (χ1) is 12.7. The molecule has 4 heteroatoms. The van der Waals surface area contributed by atoms with Crippen molar-refractivity contribution in [3.05, 3.63) is 71.8 Å². The zero-order valence-corrected chi connectivity index (χ0v) is 14.9. The third-order valence-electron chi connectivity index (χ3n) is 5.91. The number of carbonyl (C=O) groups is 1. The fraction of sp³-hybridized carbons (Fsp3) is 0.409. The summed E-state index contributed by atoms with van der Waals surface area (Å²) >= 11 is 0. The van der Waals surface area contributed by atoms with Gasteiger partial charge in [-0.15, -0.1) is 0 Å². The van der Waals surface area contributed by atoms with Crippen LogP contribution in [0.3, 0.4) is 0 Å². The lowest BCUT2D eigenvalue weighted by Gasteiger charge is -2.50. The van der Waals surface area contributed by atoms with Crippen LogP contribution in [-0.2, 0) is 16.1 Å². The molecule has 2 aromatic rings. The molecule has 4 atom stereocenters. The Morgan fingerprint density at radius 1 is 1.12 bits per heavy atom. The van der Waals surface area contributed by atoms with Crippen LogP contribution in [-0.4, -0.2) is 17.6 Å². The molecule has 136 valence electrons. The quantitative estimate of drug-likeness (QED) is 0.830. The molecule has 1 saturated heterocycles. The SMILES string of the molecule is NC1C2CCCC(C(=O)OCc3ccccc3)(C2)NC1c1ccccc1. The van der Waals surface area contributed by atoms with Gasteiger partial charge in [-0.1, -0.05) is 67.1 Å². The number of fused-ring (bicyclic) bond motifs is 2. The molecule has 0 amide bonds. The second-order valence-corrected chi connectivity index (χ2v) is 7.61. The molecule has 4 rings (SSSR count). The standard InChI is InChI=1S/C22H26N2O2/c23-19-18-12-7-13-22(14-18,24-20(19)17-10-5-2-6-11-17)21(25)26-15-16-8-3-1-4-9-16/h1-6,8-11,18-20,24H,7,12-15,23H2. The maximum absolute atomic E-state index is 13.1. The van der Waals surface area contributed by atoms with Gasteiger partial charge in [0.1, 0.15) is 12.1 Å². The minimum absolute atomic E-state index is 0.0143. The van der Waals surface area contributed by atoms with E-state index in [0.29, 0.717) is 12.5 Å². The van der Waals surface area contributed by atoms with E-state index in [1.165, 1.54) is 0 Å². The fourth-order valence-corrected chi connectivity index (χ4v) is 4.51. The molecular weight excluding hydrogens is 324 g/mol. The van der Waals surface area contributed by atoms with Crippen molar-refractivity contribution in [2.24, 2.45) is 11.7 Å². The summed E-state index contributed by atoms with van der Waals surface area (Å²) in [5.41, 5.74) is 8.11. The fourth-order valence-electron chi connectivity index (χ4n) is 4.51. The number of hydrogen-bond donors (Lipinski definition) is 2. The van der Waals surface area contributed by atoms with Gasteiger partial charge in [0.05, 0.1) is 0 Å². The van der Waals surface area contributed by atoms with Crippen LogP contribution in [0.15, 0.2) is 60.7 Å². The van der Waals surface area contributed by atoms with E-state index in [9.17, 15) is 4.79 Å². The van der Waals surface area contributed by atoms with Crippen molar-refractivity contribution < 1.29 is 9.53 Å². The average molecular weight is 350 g/mol. The van der Waals surface area contributed by atoms with Gasteiger partial charge in [-0.2, -0.15) is 0 Å². The van der Waals surface area contributed by atoms with E-state index < -0.39 is 5.54 Å². The number of nitrogens with one attached hydrogen (secondary N) is 1. The summed E-state index contributed by atoms with van der Waals surface area (Å²) in [6.07, 6.45) is 3.67. The van der Waals surface area contributed by atoms with Crippen LogP contribution in [0, 0.1) is 5.92 Å². The topological polar surface area (TPSA) is 64.4 Å². The molecule has 4 unspecified atom stereocenters. The largest absolute Gasteiger partial charge is 0.459 e. The molecule has 4 nitrogen and oxygen atoms in total. The van der Waals surface area contributed by atoms with Gasteiger partial charge < -0.3 is 10.5 Å². The smallest absolute Gasteiger partial charge is 0.326 e. The van der Waals surface area contributed by atoms with Crippen LogP contribution >= 0.6 is 0 Å². The predicted molar refractivity (Wildman–Crippen MR) is 101 cm³/mol. The first-order valence-electron chi connectivity index (χ1n) is 9.47. The van der Waals surface area contributed by atoms with Crippen LogP contribution < -0.4 is 11.1 Å². The maximum atomic E-state index is 13.1. The maximum Gasteiger partial charge on any atom is 0.326 e. The monoisotopic (exact) mass is 350 g/mol. The Labute approximate surface area is 154 Å². The molecule has 1 aliphatic carbocycles. The van der Waals surface area contributed by atoms with E-state index in [0.717, 1.165) is 36.8 Å². The van der Waals surface area contributed by atoms with Gasteiger partial charge >= 0.3 is 5.97 Å². The van der Waals surface area contributed by atoms with Crippen molar-refractivity contribution in [1.29, 1.82) is 0 Å². The molecule has 2 fully saturated rings. The van der Waals surface area contributed by atoms with Gasteiger partial charge in [0.2, 0.25) is 0 Å². The Balaban J connectivity index is 1.54. The van der Waals surface area contributed by atoms with Crippen molar-refractivity contribution in [2.75, 3.05) is 0 Å². The Bertz CT molecular complexity index is 749. The summed E-state index contributed by atoms with van der Waals surface area (Å²) < 4.78 is 5.72. The zero-order valence-electron chi connectivity index (χ0n) is 14.9. The van der Waals surface area contributed by atoms with E-state index in [1.54, 1.807) is 0 Å². The van der Waals surface area contributed by atoms with Crippen LogP contribution in [0.25, 0.3) is 0 Å². The summed E-state index contributed by atoms with van der Waals surface area (Å²) in [6.45, 7) is 0.315. The summed E-state index contributed by atoms with van der Waals surface area (Å²) in [4.78, 5) is 13.1. The molecule has 26 heavy (non-hydrogen) atoms. The third-order valence-corrected chi connectivity index (χ3v) is 5.91. The van der Waals surface area contributed by atoms with Crippen molar-refractivity contribution in [2.45, 2.75) is 49.9 Å². The molecule has 2 aromatic carbocycles. The number of rotatable bonds is 4. The van der Waals surface area contributed by atoms with Crippen LogP contribution in [0.5, 0.6) is 0 Å². The minimum Gasteiger partial charge on any atom is -0.459 e. The van der Waals surface area contributed by atoms with E-state index in [1.807, 2.05) is 48.5 Å². The molecule has 2 bridgehead atoms. The van der Waals surface area contributed by atoms with Gasteiger partial charge in [-0.25, -0.2) is 0 Å². The Kier molecular flexibility index (Phi) is 4.79. The highest BCUT2D eigenvalue weighted by Gasteiger charge is 2.52. The highest BCUT2D eigenvalue weighted by Crippen LogP contribution is 2.43. The number of piperidine rings is 1. The molecule has 1 aliphatic heterocycles. The van der Waals surface area contributed by atoms with Gasteiger partial charge in [0.25, 0.3) is 0 Å². The minimum atomic E-state index is -0.617. The number of nitrogens with two attached hydrogens (primary N) is 1. The first-order valence-corrected chi connectivity index (χ1v) is 9.47. The number of benzene rings is 2. The van der Waals surface area contributed by atoms with Gasteiger partial charge in [-0.05, 0) is 36.3 Å². The Morgan fingerprint density at radius 3 is 2.54 bits per heavy atom. The van der Waals surface area contributed by atoms with Crippen LogP contribution in [0.4, 0.5) is 0 Å². The van der Waals surface area contributed by atoms with E-state index >= 15 is 0 Å². The molecule has 3 N–H and O–H groups in total. The van der Waals surface area contributed by atoms with E-state index in [4.69, 9.17) is 10.5 Å². The highest BCUT2D eigenvalue weighted by atomic mass is 16.5. The second-order valence-electron chi connectivity index (χ2n) is 7.61. The lowest BCUT2D eigenvalue weighted by molar-refractivity contribution is -0.158. The molecule has 2 aliphatic rings. The Hall–Kier alpha value is -2.17. The average Bonchev–Trinajstić information content (AvgIpc) is 2.70. The van der Waals surface area contributed by atoms with Crippen molar-refractivity contribution in [3.63, 3.8) is 0 Å². The van der Waals surface area contributed by atoms with Crippen molar-refractivity contribution in [3.8, 4) is 0 Å². The summed E-state index contributed by atoms with van der Waals surface area (Å²) in [7, 11) is 0. The Morgan fingerprint density at radius 2 is 1.81 bits per heavy atom. The van der Waals surface area contributed by atoms with Gasteiger partial charge in [0, 0.05) is 12.1 Å². The van der Waals surface area contributed by atoms with E-state index in [-0.39, 0.29) is 18.1 Å². The lowest BCUT2D eigenvalue weighted by atomic mass is 9.67.